The normalized spacial score (nSPS) is 18.1. The number of nitrogens with zero attached hydrogens (tertiary/aromatic N) is 1. The zero-order valence-corrected chi connectivity index (χ0v) is 14.5. The van der Waals surface area contributed by atoms with Crippen molar-refractivity contribution in [3.63, 3.8) is 0 Å². The molecule has 1 aromatic heterocycles. The molecule has 1 aliphatic heterocycles. The van der Waals surface area contributed by atoms with E-state index in [2.05, 4.69) is 6.92 Å². The van der Waals surface area contributed by atoms with Crippen LogP contribution in [0.3, 0.4) is 0 Å². The Balaban J connectivity index is 2.07. The van der Waals surface area contributed by atoms with Gasteiger partial charge < -0.3 is 10.6 Å². The van der Waals surface area contributed by atoms with Gasteiger partial charge in [0, 0.05) is 18.0 Å². The molecule has 1 fully saturated rings. The number of likely N-dealkylation sites (tertiary alicyclic amines) is 1. The third kappa shape index (κ3) is 2.87. The number of nitrogens with two attached hydrogens (primary N) is 1. The van der Waals surface area contributed by atoms with E-state index < -0.39 is 0 Å². The minimum Gasteiger partial charge on any atom is -0.392 e. The molecule has 6 heteroatoms. The van der Waals surface area contributed by atoms with E-state index in [9.17, 15) is 4.79 Å². The van der Waals surface area contributed by atoms with Crippen molar-refractivity contribution in [2.45, 2.75) is 31.4 Å². The van der Waals surface area contributed by atoms with Gasteiger partial charge in [-0.3, -0.25) is 4.79 Å². The number of thiocarbonyl (C=S) groups is 1. The highest BCUT2D eigenvalue weighted by atomic mass is 32.2. The van der Waals surface area contributed by atoms with Gasteiger partial charge in [0.05, 0.1) is 14.6 Å². The first-order valence-electron chi connectivity index (χ1n) is 6.61. The predicted molar refractivity (Wildman–Crippen MR) is 92.0 cm³/mol. The van der Waals surface area contributed by atoms with Gasteiger partial charge in [0.1, 0.15) is 0 Å². The van der Waals surface area contributed by atoms with Crippen LogP contribution in [0.2, 0.25) is 0 Å². The van der Waals surface area contributed by atoms with Gasteiger partial charge in [-0.05, 0) is 44.6 Å². The van der Waals surface area contributed by atoms with E-state index in [1.165, 1.54) is 10.4 Å². The largest absolute Gasteiger partial charge is 0.392 e. The van der Waals surface area contributed by atoms with E-state index in [1.54, 1.807) is 23.1 Å². The summed E-state index contributed by atoms with van der Waals surface area (Å²) >= 11 is 8.50. The van der Waals surface area contributed by atoms with E-state index in [0.717, 1.165) is 30.8 Å². The number of carbonyl (C=O) groups excluding carboxylic acids is 1. The average Bonchev–Trinajstić information content (AvgIpc) is 2.78. The topological polar surface area (TPSA) is 46.3 Å². The lowest BCUT2D eigenvalue weighted by atomic mass is 9.95. The molecule has 3 nitrogen and oxygen atoms in total. The van der Waals surface area contributed by atoms with Crippen LogP contribution in [0.15, 0.2) is 6.07 Å². The highest BCUT2D eigenvalue weighted by molar-refractivity contribution is 8.02. The van der Waals surface area contributed by atoms with Crippen LogP contribution in [0.25, 0.3) is 0 Å². The first-order valence-corrected chi connectivity index (χ1v) is 9.06. The van der Waals surface area contributed by atoms with Crippen molar-refractivity contribution >= 4 is 46.2 Å². The molecular formula is C14H20N2OS3. The lowest BCUT2D eigenvalue weighted by Crippen LogP contribution is -2.50. The molecule has 2 rings (SSSR count). The number of piperidine rings is 1. The molecule has 0 aromatic carbocycles. The van der Waals surface area contributed by atoms with Crippen LogP contribution in [-0.4, -0.2) is 39.9 Å². The second kappa shape index (κ2) is 6.03. The van der Waals surface area contributed by atoms with Crippen LogP contribution in [0, 0.1) is 13.8 Å². The van der Waals surface area contributed by atoms with E-state index in [0.29, 0.717) is 4.99 Å². The minimum atomic E-state index is -0.132. The van der Waals surface area contributed by atoms with E-state index in [4.69, 9.17) is 18.0 Å². The minimum absolute atomic E-state index is 0.132. The molecule has 0 spiro atoms. The Morgan fingerprint density at radius 3 is 2.45 bits per heavy atom. The molecule has 0 atom stereocenters. The number of amides is 1. The summed E-state index contributed by atoms with van der Waals surface area (Å²) in [4.78, 5) is 17.1. The van der Waals surface area contributed by atoms with Gasteiger partial charge in [-0.15, -0.1) is 11.3 Å². The Bertz CT molecular complexity index is 511. The molecule has 2 heterocycles. The van der Waals surface area contributed by atoms with E-state index >= 15 is 0 Å². The summed E-state index contributed by atoms with van der Waals surface area (Å²) < 4.78 is -0.132. The third-order valence-electron chi connectivity index (χ3n) is 4.07. The van der Waals surface area contributed by atoms with Crippen molar-refractivity contribution in [1.29, 1.82) is 0 Å². The molecule has 0 aliphatic carbocycles. The fourth-order valence-corrected chi connectivity index (χ4v) is 4.70. The van der Waals surface area contributed by atoms with Crippen LogP contribution in [0.1, 0.15) is 33.0 Å². The monoisotopic (exact) mass is 328 g/mol. The number of carbonyl (C=O) groups is 1. The summed E-state index contributed by atoms with van der Waals surface area (Å²) in [6, 6.07) is 1.99. The van der Waals surface area contributed by atoms with Gasteiger partial charge in [0.15, 0.2) is 0 Å². The quantitative estimate of drug-likeness (QED) is 0.867. The lowest BCUT2D eigenvalue weighted by molar-refractivity contribution is 0.0723. The van der Waals surface area contributed by atoms with Crippen LogP contribution in [-0.2, 0) is 0 Å². The Kier molecular flexibility index (Phi) is 4.76. The van der Waals surface area contributed by atoms with Gasteiger partial charge in [-0.2, -0.15) is 11.8 Å². The second-order valence-electron chi connectivity index (χ2n) is 5.20. The third-order valence-corrected chi connectivity index (χ3v) is 7.15. The first kappa shape index (κ1) is 15.8. The fourth-order valence-electron chi connectivity index (χ4n) is 2.46. The Morgan fingerprint density at radius 1 is 1.45 bits per heavy atom. The number of aryl methyl sites for hydroxylation is 2. The first-order chi connectivity index (χ1) is 9.39. The molecule has 2 N–H and O–H groups in total. The Morgan fingerprint density at radius 2 is 2.05 bits per heavy atom. The molecule has 0 unspecified atom stereocenters. The molecule has 1 aliphatic rings. The SMILES string of the molecule is CSC1(C(N)=S)CCN(C(=O)c2cc(C)c(C)s2)CC1. The number of hydrogen-bond acceptors (Lipinski definition) is 4. The molecule has 0 saturated carbocycles. The molecule has 20 heavy (non-hydrogen) atoms. The molecule has 110 valence electrons. The van der Waals surface area contributed by atoms with Crippen LogP contribution in [0.5, 0.6) is 0 Å². The Labute approximate surface area is 133 Å². The van der Waals surface area contributed by atoms with E-state index in [-0.39, 0.29) is 10.7 Å². The predicted octanol–water partition coefficient (Wildman–Crippen LogP) is 2.99. The van der Waals surface area contributed by atoms with Gasteiger partial charge in [0.2, 0.25) is 0 Å². The maximum absolute atomic E-state index is 12.5. The maximum Gasteiger partial charge on any atom is 0.263 e. The van der Waals surface area contributed by atoms with Crippen LogP contribution < -0.4 is 5.73 Å². The molecule has 1 aromatic rings. The van der Waals surface area contributed by atoms with Crippen molar-refractivity contribution in [1.82, 2.24) is 4.90 Å². The average molecular weight is 329 g/mol. The summed E-state index contributed by atoms with van der Waals surface area (Å²) in [6.07, 6.45) is 3.74. The van der Waals surface area contributed by atoms with Crippen LogP contribution >= 0.6 is 35.3 Å². The molecule has 1 amide bonds. The van der Waals surface area contributed by atoms with Gasteiger partial charge in [-0.1, -0.05) is 12.2 Å². The molecule has 0 bridgehead atoms. The summed E-state index contributed by atoms with van der Waals surface area (Å²) in [5, 5.41) is 0. The maximum atomic E-state index is 12.5. The smallest absolute Gasteiger partial charge is 0.263 e. The van der Waals surface area contributed by atoms with Gasteiger partial charge in [-0.25, -0.2) is 0 Å². The highest BCUT2D eigenvalue weighted by Crippen LogP contribution is 2.35. The van der Waals surface area contributed by atoms with E-state index in [1.807, 2.05) is 24.1 Å². The number of thioether (sulfide) groups is 1. The summed E-state index contributed by atoms with van der Waals surface area (Å²) in [5.41, 5.74) is 7.07. The van der Waals surface area contributed by atoms with Gasteiger partial charge >= 0.3 is 0 Å². The molecule has 0 radical (unpaired) electrons. The lowest BCUT2D eigenvalue weighted by Gasteiger charge is -2.39. The number of hydrogen-bond donors (Lipinski definition) is 1. The zero-order valence-electron chi connectivity index (χ0n) is 12.1. The zero-order chi connectivity index (χ0) is 14.9. The van der Waals surface area contributed by atoms with Crippen molar-refractivity contribution in [3.05, 3.63) is 21.4 Å². The van der Waals surface area contributed by atoms with Gasteiger partial charge in [0.25, 0.3) is 5.91 Å². The molecule has 1 saturated heterocycles. The highest BCUT2D eigenvalue weighted by Gasteiger charge is 2.38. The summed E-state index contributed by atoms with van der Waals surface area (Å²) in [7, 11) is 0. The van der Waals surface area contributed by atoms with Crippen LogP contribution in [0.4, 0.5) is 0 Å². The van der Waals surface area contributed by atoms with Crippen molar-refractivity contribution < 1.29 is 4.79 Å². The Hall–Kier alpha value is -0.590. The number of rotatable bonds is 3. The molecular weight excluding hydrogens is 308 g/mol. The summed E-state index contributed by atoms with van der Waals surface area (Å²) in [6.45, 7) is 5.56. The van der Waals surface area contributed by atoms with Crippen molar-refractivity contribution in [2.24, 2.45) is 5.73 Å². The van der Waals surface area contributed by atoms with Crippen molar-refractivity contribution in [2.75, 3.05) is 19.3 Å². The fraction of sp³-hybridized carbons (Fsp3) is 0.571. The van der Waals surface area contributed by atoms with Crippen molar-refractivity contribution in [3.8, 4) is 0 Å². The standard InChI is InChI=1S/C14H20N2OS3/c1-9-8-11(20-10(9)2)12(17)16-6-4-14(19-3,5-7-16)13(15)18/h8H,4-7H2,1-3H3,(H2,15,18). The summed E-state index contributed by atoms with van der Waals surface area (Å²) in [5.74, 6) is 0.142. The second-order valence-corrected chi connectivity index (χ2v) is 8.09. The number of thiophene rings is 1.